The van der Waals surface area contributed by atoms with E-state index in [4.69, 9.17) is 5.73 Å². The van der Waals surface area contributed by atoms with Crippen LogP contribution < -0.4 is 5.73 Å². The number of imidazole rings is 1. The van der Waals surface area contributed by atoms with Crippen molar-refractivity contribution in [1.82, 2.24) is 9.55 Å². The third-order valence-electron chi connectivity index (χ3n) is 3.41. The van der Waals surface area contributed by atoms with Crippen molar-refractivity contribution in [3.8, 4) is 0 Å². The van der Waals surface area contributed by atoms with Crippen LogP contribution in [0.1, 0.15) is 19.3 Å². The molecule has 0 amide bonds. The number of nitrogens with zero attached hydrogens (tertiary/aromatic N) is 2. The van der Waals surface area contributed by atoms with Crippen molar-refractivity contribution in [2.45, 2.75) is 25.8 Å². The van der Waals surface area contributed by atoms with Crippen molar-refractivity contribution >= 4 is 17.0 Å². The molecule has 1 aromatic heterocycles. The molecule has 16 heavy (non-hydrogen) atoms. The van der Waals surface area contributed by atoms with Gasteiger partial charge in [0.1, 0.15) is 5.82 Å². The van der Waals surface area contributed by atoms with Gasteiger partial charge >= 0.3 is 0 Å². The maximum atomic E-state index is 13.0. The van der Waals surface area contributed by atoms with Crippen molar-refractivity contribution in [3.63, 3.8) is 0 Å². The zero-order chi connectivity index (χ0) is 11.1. The summed E-state index contributed by atoms with van der Waals surface area (Å²) in [6.07, 6.45) is 3.84. The summed E-state index contributed by atoms with van der Waals surface area (Å²) < 4.78 is 15.0. The summed E-state index contributed by atoms with van der Waals surface area (Å²) in [4.78, 5) is 4.19. The quantitative estimate of drug-likeness (QED) is 0.843. The van der Waals surface area contributed by atoms with Gasteiger partial charge in [-0.15, -0.1) is 0 Å². The van der Waals surface area contributed by atoms with E-state index in [9.17, 15) is 4.39 Å². The molecule has 0 bridgehead atoms. The molecule has 0 aliphatic heterocycles. The van der Waals surface area contributed by atoms with E-state index in [0.29, 0.717) is 17.4 Å². The highest BCUT2D eigenvalue weighted by molar-refractivity contribution is 5.78. The van der Waals surface area contributed by atoms with E-state index < -0.39 is 0 Å². The Labute approximate surface area is 93.1 Å². The first kappa shape index (κ1) is 9.63. The zero-order valence-electron chi connectivity index (χ0n) is 8.99. The van der Waals surface area contributed by atoms with Gasteiger partial charge in [-0.25, -0.2) is 9.37 Å². The molecule has 2 aromatic rings. The molecular weight excluding hydrogens is 205 g/mol. The Hall–Kier alpha value is -1.58. The molecule has 3 nitrogen and oxygen atoms in total. The number of hydrogen-bond donors (Lipinski definition) is 1. The fourth-order valence-corrected chi connectivity index (χ4v) is 2.25. The second-order valence-corrected chi connectivity index (χ2v) is 4.51. The van der Waals surface area contributed by atoms with Crippen LogP contribution in [0.25, 0.3) is 11.0 Å². The van der Waals surface area contributed by atoms with Crippen molar-refractivity contribution in [2.75, 3.05) is 5.73 Å². The number of nitrogen functional groups attached to an aromatic ring is 1. The monoisotopic (exact) mass is 219 g/mol. The average Bonchev–Trinajstić information content (AvgIpc) is 2.47. The maximum absolute atomic E-state index is 13.0. The summed E-state index contributed by atoms with van der Waals surface area (Å²) in [5.41, 5.74) is 7.45. The van der Waals surface area contributed by atoms with Gasteiger partial charge < -0.3 is 10.3 Å². The molecule has 3 rings (SSSR count). The average molecular weight is 219 g/mol. The van der Waals surface area contributed by atoms with Gasteiger partial charge in [-0.05, 0) is 30.9 Å². The van der Waals surface area contributed by atoms with Gasteiger partial charge in [0.2, 0.25) is 5.95 Å². The van der Waals surface area contributed by atoms with Crippen molar-refractivity contribution in [2.24, 2.45) is 5.92 Å². The van der Waals surface area contributed by atoms with Gasteiger partial charge in [-0.2, -0.15) is 0 Å². The van der Waals surface area contributed by atoms with Crippen LogP contribution in [0.4, 0.5) is 10.3 Å². The highest BCUT2D eigenvalue weighted by Crippen LogP contribution is 2.30. The van der Waals surface area contributed by atoms with Crippen molar-refractivity contribution < 1.29 is 4.39 Å². The molecule has 1 saturated carbocycles. The Morgan fingerprint density at radius 3 is 2.94 bits per heavy atom. The molecule has 84 valence electrons. The van der Waals surface area contributed by atoms with Gasteiger partial charge in [0.15, 0.2) is 0 Å². The first-order valence-corrected chi connectivity index (χ1v) is 5.65. The van der Waals surface area contributed by atoms with Crippen molar-refractivity contribution in [3.05, 3.63) is 24.0 Å². The number of rotatable bonds is 2. The fourth-order valence-electron chi connectivity index (χ4n) is 2.25. The smallest absolute Gasteiger partial charge is 0.201 e. The maximum Gasteiger partial charge on any atom is 0.201 e. The number of aromatic nitrogens is 2. The lowest BCUT2D eigenvalue weighted by Gasteiger charge is -2.26. The van der Waals surface area contributed by atoms with E-state index in [1.54, 1.807) is 6.07 Å². The van der Waals surface area contributed by atoms with Gasteiger partial charge in [-0.1, -0.05) is 6.42 Å². The molecule has 0 unspecified atom stereocenters. The number of halogens is 1. The largest absolute Gasteiger partial charge is 0.369 e. The summed E-state index contributed by atoms with van der Waals surface area (Å²) in [6, 6.07) is 4.65. The third kappa shape index (κ3) is 1.45. The Morgan fingerprint density at radius 1 is 1.44 bits per heavy atom. The van der Waals surface area contributed by atoms with Gasteiger partial charge in [0.05, 0.1) is 11.0 Å². The molecule has 1 aromatic carbocycles. The van der Waals surface area contributed by atoms with E-state index in [0.717, 1.165) is 12.1 Å². The summed E-state index contributed by atoms with van der Waals surface area (Å²) in [7, 11) is 0. The lowest BCUT2D eigenvalue weighted by molar-refractivity contribution is 0.281. The van der Waals surface area contributed by atoms with Crippen LogP contribution >= 0.6 is 0 Å². The molecule has 0 spiro atoms. The van der Waals surface area contributed by atoms with Crippen LogP contribution in [-0.2, 0) is 6.54 Å². The predicted molar refractivity (Wildman–Crippen MR) is 61.4 cm³/mol. The van der Waals surface area contributed by atoms with Crippen LogP contribution in [0.2, 0.25) is 0 Å². The number of benzene rings is 1. The molecule has 1 aliphatic carbocycles. The summed E-state index contributed by atoms with van der Waals surface area (Å²) in [5, 5.41) is 0. The van der Waals surface area contributed by atoms with E-state index in [1.165, 1.54) is 31.4 Å². The number of anilines is 1. The minimum absolute atomic E-state index is 0.263. The lowest BCUT2D eigenvalue weighted by atomic mass is 9.85. The highest BCUT2D eigenvalue weighted by Gasteiger charge is 2.20. The van der Waals surface area contributed by atoms with E-state index in [2.05, 4.69) is 4.98 Å². The normalized spacial score (nSPS) is 16.6. The second kappa shape index (κ2) is 3.47. The van der Waals surface area contributed by atoms with Crippen LogP contribution in [-0.4, -0.2) is 9.55 Å². The van der Waals surface area contributed by atoms with E-state index in [1.807, 2.05) is 4.57 Å². The Bertz CT molecular complexity index is 528. The molecule has 0 saturated heterocycles. The van der Waals surface area contributed by atoms with Crippen LogP contribution in [0.3, 0.4) is 0 Å². The third-order valence-corrected chi connectivity index (χ3v) is 3.41. The molecule has 2 N–H and O–H groups in total. The summed E-state index contributed by atoms with van der Waals surface area (Å²) in [6.45, 7) is 0.911. The number of hydrogen-bond acceptors (Lipinski definition) is 2. The molecule has 1 fully saturated rings. The first-order valence-electron chi connectivity index (χ1n) is 5.65. The van der Waals surface area contributed by atoms with E-state index >= 15 is 0 Å². The molecule has 4 heteroatoms. The molecule has 0 radical (unpaired) electrons. The van der Waals surface area contributed by atoms with E-state index in [-0.39, 0.29) is 5.82 Å². The first-order chi connectivity index (χ1) is 7.74. The Balaban J connectivity index is 2.04. The summed E-state index contributed by atoms with van der Waals surface area (Å²) in [5.74, 6) is 0.943. The van der Waals surface area contributed by atoms with Gasteiger partial charge in [0.25, 0.3) is 0 Å². The minimum Gasteiger partial charge on any atom is -0.369 e. The molecule has 0 atom stereocenters. The highest BCUT2D eigenvalue weighted by atomic mass is 19.1. The zero-order valence-corrected chi connectivity index (χ0v) is 8.99. The lowest BCUT2D eigenvalue weighted by Crippen LogP contribution is -2.19. The van der Waals surface area contributed by atoms with Crippen molar-refractivity contribution in [1.29, 1.82) is 0 Å². The Kier molecular flexibility index (Phi) is 2.09. The van der Waals surface area contributed by atoms with Gasteiger partial charge in [0, 0.05) is 12.6 Å². The summed E-state index contributed by atoms with van der Waals surface area (Å²) >= 11 is 0. The SMILES string of the molecule is Nc1nc2cc(F)ccc2n1CC1CCC1. The van der Waals surface area contributed by atoms with Crippen LogP contribution in [0, 0.1) is 11.7 Å². The number of nitrogens with two attached hydrogens (primary N) is 1. The fraction of sp³-hybridized carbons (Fsp3) is 0.417. The Morgan fingerprint density at radius 2 is 2.25 bits per heavy atom. The minimum atomic E-state index is -0.263. The second-order valence-electron chi connectivity index (χ2n) is 4.51. The topological polar surface area (TPSA) is 43.8 Å². The van der Waals surface area contributed by atoms with Crippen LogP contribution in [0.5, 0.6) is 0 Å². The number of fused-ring (bicyclic) bond motifs is 1. The predicted octanol–water partition coefficient (Wildman–Crippen LogP) is 2.56. The standard InChI is InChI=1S/C12H14FN3/c13-9-4-5-11-10(6-9)15-12(14)16(11)7-8-2-1-3-8/h4-6,8H,1-3,7H2,(H2,14,15). The molecule has 1 aliphatic rings. The van der Waals surface area contributed by atoms with Gasteiger partial charge in [-0.3, -0.25) is 0 Å². The molecular formula is C12H14FN3. The van der Waals surface area contributed by atoms with Crippen LogP contribution in [0.15, 0.2) is 18.2 Å². The molecule has 1 heterocycles.